The lowest BCUT2D eigenvalue weighted by Gasteiger charge is -2.31. The molecule has 126 valence electrons. The van der Waals surface area contributed by atoms with E-state index in [0.717, 1.165) is 17.0 Å². The van der Waals surface area contributed by atoms with Gasteiger partial charge in [-0.1, -0.05) is 30.3 Å². The maximum absolute atomic E-state index is 12.9. The van der Waals surface area contributed by atoms with Crippen LogP contribution in [0.1, 0.15) is 33.4 Å². The summed E-state index contributed by atoms with van der Waals surface area (Å²) >= 11 is 0. The zero-order chi connectivity index (χ0) is 17.6. The molecule has 2 atom stereocenters. The number of hydrogen-bond donors (Lipinski definition) is 0. The van der Waals surface area contributed by atoms with Crippen LogP contribution in [0.5, 0.6) is 5.75 Å². The molecule has 1 unspecified atom stereocenters. The minimum absolute atomic E-state index is 0.287. The van der Waals surface area contributed by atoms with E-state index in [-0.39, 0.29) is 12.3 Å². The molecule has 0 saturated carbocycles. The summed E-state index contributed by atoms with van der Waals surface area (Å²) in [6.07, 6.45) is 0.0490. The SMILES string of the molecule is Cc1nc2c3c(ccn2c1C)C(=O)[C@H](OC=O)C(c1ccccc1)O3. The predicted octanol–water partition coefficient (Wildman–Crippen LogP) is 2.81. The Morgan fingerprint density at radius 3 is 2.68 bits per heavy atom. The van der Waals surface area contributed by atoms with Gasteiger partial charge in [0.2, 0.25) is 11.9 Å². The van der Waals surface area contributed by atoms with E-state index in [1.807, 2.05) is 48.6 Å². The molecule has 6 heteroatoms. The molecule has 0 aliphatic carbocycles. The number of rotatable bonds is 3. The molecular formula is C19H16N2O4. The molecule has 0 amide bonds. The standard InChI is InChI=1S/C19H16N2O4/c1-11-12(2)21-9-8-14-15(23)18(24-10-22)16(13-6-4-3-5-7-13)25-17(14)19(21)20-11/h3-10,16,18H,1-2H3/t16?,18-/m0/s1. The molecule has 1 aromatic carbocycles. The largest absolute Gasteiger partial charge is 0.477 e. The van der Waals surface area contributed by atoms with Crippen molar-refractivity contribution >= 4 is 17.9 Å². The summed E-state index contributed by atoms with van der Waals surface area (Å²) in [5.74, 6) is 0.131. The highest BCUT2D eigenvalue weighted by Gasteiger charge is 2.41. The van der Waals surface area contributed by atoms with E-state index in [4.69, 9.17) is 9.47 Å². The lowest BCUT2D eigenvalue weighted by Crippen LogP contribution is -2.38. The highest BCUT2D eigenvalue weighted by Crippen LogP contribution is 2.39. The van der Waals surface area contributed by atoms with Crippen molar-refractivity contribution in [3.63, 3.8) is 0 Å². The maximum Gasteiger partial charge on any atom is 0.293 e. The first-order valence-corrected chi connectivity index (χ1v) is 7.95. The fourth-order valence-corrected chi connectivity index (χ4v) is 3.18. The quantitative estimate of drug-likeness (QED) is 0.688. The van der Waals surface area contributed by atoms with Gasteiger partial charge in [-0.25, -0.2) is 4.98 Å². The van der Waals surface area contributed by atoms with Crippen molar-refractivity contribution in [3.8, 4) is 5.75 Å². The van der Waals surface area contributed by atoms with Crippen molar-refractivity contribution in [2.24, 2.45) is 0 Å². The van der Waals surface area contributed by atoms with E-state index < -0.39 is 12.2 Å². The summed E-state index contributed by atoms with van der Waals surface area (Å²) in [5.41, 5.74) is 3.57. The van der Waals surface area contributed by atoms with Crippen LogP contribution in [-0.2, 0) is 9.53 Å². The fraction of sp³-hybridized carbons (Fsp3) is 0.211. The summed E-state index contributed by atoms with van der Waals surface area (Å²) in [6, 6.07) is 10.9. The van der Waals surface area contributed by atoms with Crippen LogP contribution in [0.2, 0.25) is 0 Å². The number of ketones is 1. The van der Waals surface area contributed by atoms with E-state index in [1.165, 1.54) is 0 Å². The van der Waals surface area contributed by atoms with Crippen molar-refractivity contribution in [1.82, 2.24) is 9.38 Å². The van der Waals surface area contributed by atoms with Crippen LogP contribution >= 0.6 is 0 Å². The Balaban J connectivity index is 1.92. The Kier molecular flexibility index (Phi) is 3.53. The van der Waals surface area contributed by atoms with Gasteiger partial charge >= 0.3 is 0 Å². The molecule has 2 aromatic heterocycles. The molecule has 25 heavy (non-hydrogen) atoms. The molecule has 0 radical (unpaired) electrons. The number of aromatic nitrogens is 2. The lowest BCUT2D eigenvalue weighted by molar-refractivity contribution is -0.136. The molecule has 0 spiro atoms. The Labute approximate surface area is 144 Å². The van der Waals surface area contributed by atoms with Crippen LogP contribution in [0.25, 0.3) is 5.65 Å². The van der Waals surface area contributed by atoms with Crippen LogP contribution in [0.4, 0.5) is 0 Å². The molecule has 0 bridgehead atoms. The Bertz CT molecular complexity index is 978. The summed E-state index contributed by atoms with van der Waals surface area (Å²) in [5, 5.41) is 0. The summed E-state index contributed by atoms with van der Waals surface area (Å²) in [7, 11) is 0. The second-order valence-corrected chi connectivity index (χ2v) is 6.00. The molecule has 6 nitrogen and oxygen atoms in total. The van der Waals surface area contributed by atoms with E-state index in [1.54, 1.807) is 12.3 Å². The second-order valence-electron chi connectivity index (χ2n) is 6.00. The second kappa shape index (κ2) is 5.73. The van der Waals surface area contributed by atoms with Gasteiger partial charge < -0.3 is 13.9 Å². The molecule has 0 saturated heterocycles. The fourth-order valence-electron chi connectivity index (χ4n) is 3.18. The zero-order valence-corrected chi connectivity index (χ0v) is 13.8. The number of aryl methyl sites for hydroxylation is 2. The third-order valence-electron chi connectivity index (χ3n) is 4.60. The average molecular weight is 336 g/mol. The predicted molar refractivity (Wildman–Crippen MR) is 89.7 cm³/mol. The zero-order valence-electron chi connectivity index (χ0n) is 13.8. The van der Waals surface area contributed by atoms with Crippen LogP contribution in [0, 0.1) is 13.8 Å². The highest BCUT2D eigenvalue weighted by molar-refractivity contribution is 6.05. The molecular weight excluding hydrogens is 320 g/mol. The van der Waals surface area contributed by atoms with Crippen LogP contribution in [0.15, 0.2) is 42.6 Å². The molecule has 3 heterocycles. The highest BCUT2D eigenvalue weighted by atomic mass is 16.6. The minimum Gasteiger partial charge on any atom is -0.477 e. The summed E-state index contributed by atoms with van der Waals surface area (Å²) in [6.45, 7) is 4.15. The van der Waals surface area contributed by atoms with Crippen molar-refractivity contribution < 1.29 is 19.1 Å². The third-order valence-corrected chi connectivity index (χ3v) is 4.60. The normalized spacial score (nSPS) is 19.4. The lowest BCUT2D eigenvalue weighted by atomic mass is 9.94. The molecule has 1 aliphatic rings. The first kappa shape index (κ1) is 15.4. The van der Waals surface area contributed by atoms with E-state index in [2.05, 4.69) is 4.98 Å². The number of Topliss-reactive ketones (excluding diaryl/α,β-unsaturated/α-hetero) is 1. The van der Waals surface area contributed by atoms with E-state index in [9.17, 15) is 9.59 Å². The van der Waals surface area contributed by atoms with Crippen LogP contribution in [-0.4, -0.2) is 27.7 Å². The third kappa shape index (κ3) is 2.29. The molecule has 3 aromatic rings. The van der Waals surface area contributed by atoms with Crippen molar-refractivity contribution in [3.05, 3.63) is 65.1 Å². The molecule has 0 fully saturated rings. The Hall–Kier alpha value is -3.15. The number of benzene rings is 1. The van der Waals surface area contributed by atoms with Gasteiger partial charge in [-0.2, -0.15) is 0 Å². The summed E-state index contributed by atoms with van der Waals surface area (Å²) in [4.78, 5) is 28.4. The molecule has 1 aliphatic heterocycles. The molecule has 0 N–H and O–H groups in total. The first-order valence-electron chi connectivity index (χ1n) is 7.95. The van der Waals surface area contributed by atoms with Gasteiger partial charge in [0.05, 0.1) is 11.3 Å². The van der Waals surface area contributed by atoms with Gasteiger partial charge in [-0.15, -0.1) is 0 Å². The van der Waals surface area contributed by atoms with Crippen molar-refractivity contribution in [2.45, 2.75) is 26.1 Å². The number of imidazole rings is 1. The number of nitrogens with zero attached hydrogens (tertiary/aromatic N) is 2. The van der Waals surface area contributed by atoms with E-state index in [0.29, 0.717) is 17.0 Å². The minimum atomic E-state index is -1.02. The number of pyridine rings is 1. The summed E-state index contributed by atoms with van der Waals surface area (Å²) < 4.78 is 13.1. The van der Waals surface area contributed by atoms with Gasteiger partial charge in [0.15, 0.2) is 17.5 Å². The maximum atomic E-state index is 12.9. The number of fused-ring (bicyclic) bond motifs is 3. The van der Waals surface area contributed by atoms with Gasteiger partial charge in [-0.05, 0) is 25.5 Å². The molecule has 4 rings (SSSR count). The number of ether oxygens (including phenoxy) is 2. The van der Waals surface area contributed by atoms with Crippen molar-refractivity contribution in [1.29, 1.82) is 0 Å². The van der Waals surface area contributed by atoms with Gasteiger partial charge in [-0.3, -0.25) is 9.59 Å². The van der Waals surface area contributed by atoms with Gasteiger partial charge in [0.25, 0.3) is 6.47 Å². The van der Waals surface area contributed by atoms with E-state index >= 15 is 0 Å². The van der Waals surface area contributed by atoms with Gasteiger partial charge in [0, 0.05) is 11.9 Å². The first-order chi connectivity index (χ1) is 12.1. The van der Waals surface area contributed by atoms with Crippen molar-refractivity contribution in [2.75, 3.05) is 0 Å². The Morgan fingerprint density at radius 1 is 1.20 bits per heavy atom. The van der Waals surface area contributed by atoms with Crippen LogP contribution in [0.3, 0.4) is 0 Å². The monoisotopic (exact) mass is 336 g/mol. The smallest absolute Gasteiger partial charge is 0.293 e. The number of hydrogen-bond acceptors (Lipinski definition) is 5. The number of carbonyl (C=O) groups is 2. The van der Waals surface area contributed by atoms with Gasteiger partial charge in [0.1, 0.15) is 0 Å². The number of carbonyl (C=O) groups excluding carboxylic acids is 2. The Morgan fingerprint density at radius 2 is 1.96 bits per heavy atom. The topological polar surface area (TPSA) is 69.9 Å². The van der Waals surface area contributed by atoms with Crippen LogP contribution < -0.4 is 4.74 Å². The average Bonchev–Trinajstić information content (AvgIpc) is 2.93.